The van der Waals surface area contributed by atoms with E-state index >= 15 is 0 Å². The highest BCUT2D eigenvalue weighted by atomic mass is 35.5. The van der Waals surface area contributed by atoms with Crippen molar-refractivity contribution in [2.75, 3.05) is 0 Å². The zero-order chi connectivity index (χ0) is 24.1. The Balaban J connectivity index is 1.53. The summed E-state index contributed by atoms with van der Waals surface area (Å²) in [6.07, 6.45) is 0. The van der Waals surface area contributed by atoms with Crippen LogP contribution in [0.15, 0.2) is 115 Å². The second-order valence-corrected chi connectivity index (χ2v) is 10.2. The molecule has 0 aliphatic rings. The molecule has 7 rings (SSSR count). The van der Waals surface area contributed by atoms with Gasteiger partial charge in [-0.15, -0.1) is 11.3 Å². The Hall–Kier alpha value is -4.05. The molecule has 7 aromatic rings. The molecule has 0 saturated heterocycles. The lowest BCUT2D eigenvalue weighted by Gasteiger charge is -2.15. The molecule has 170 valence electrons. The predicted molar refractivity (Wildman–Crippen MR) is 154 cm³/mol. The van der Waals surface area contributed by atoms with Crippen molar-refractivity contribution in [3.63, 3.8) is 0 Å². The highest BCUT2D eigenvalue weighted by Crippen LogP contribution is 2.41. The molecule has 36 heavy (non-hydrogen) atoms. The van der Waals surface area contributed by atoms with E-state index in [0.717, 1.165) is 44.4 Å². The van der Waals surface area contributed by atoms with E-state index in [1.54, 1.807) is 0 Å². The highest BCUT2D eigenvalue weighted by Gasteiger charge is 2.16. The maximum atomic E-state index is 6.43. The molecule has 5 aromatic carbocycles. The van der Waals surface area contributed by atoms with Crippen LogP contribution in [0.25, 0.3) is 64.6 Å². The predicted octanol–water partition coefficient (Wildman–Crippen LogP) is 9.65. The zero-order valence-electron chi connectivity index (χ0n) is 19.2. The van der Waals surface area contributed by atoms with Crippen LogP contribution in [-0.4, -0.2) is 9.97 Å². The lowest BCUT2D eigenvalue weighted by Crippen LogP contribution is -1.94. The molecule has 0 radical (unpaired) electrons. The van der Waals surface area contributed by atoms with Crippen molar-refractivity contribution in [3.8, 4) is 33.5 Å². The van der Waals surface area contributed by atoms with Crippen molar-refractivity contribution < 1.29 is 0 Å². The number of hydrogen-bond acceptors (Lipinski definition) is 3. The molecule has 0 N–H and O–H groups in total. The fourth-order valence-electron chi connectivity index (χ4n) is 4.95. The molecule has 0 saturated carbocycles. The van der Waals surface area contributed by atoms with E-state index in [0.29, 0.717) is 0 Å². The van der Waals surface area contributed by atoms with Gasteiger partial charge in [0.1, 0.15) is 0 Å². The third-order valence-electron chi connectivity index (χ3n) is 6.63. The number of halogens is 1. The standard InChI is InChI=1S/C32H19ClN2S/c33-32-34-28-19-26(22-15-16-24-23-13-7-8-14-29(23)36-30(24)17-22)25(20-9-3-1-4-10-20)18-27(28)31(35-32)21-11-5-2-6-12-21/h1-19H. The minimum absolute atomic E-state index is 0.250. The Morgan fingerprint density at radius 3 is 1.97 bits per heavy atom. The summed E-state index contributed by atoms with van der Waals surface area (Å²) >= 11 is 8.26. The van der Waals surface area contributed by atoms with Crippen molar-refractivity contribution in [2.45, 2.75) is 0 Å². The van der Waals surface area contributed by atoms with Gasteiger partial charge in [-0.3, -0.25) is 0 Å². The van der Waals surface area contributed by atoms with Crippen LogP contribution in [0, 0.1) is 0 Å². The lowest BCUT2D eigenvalue weighted by atomic mass is 9.91. The molecule has 0 aliphatic heterocycles. The van der Waals surface area contributed by atoms with E-state index in [1.165, 1.54) is 20.2 Å². The summed E-state index contributed by atoms with van der Waals surface area (Å²) in [7, 11) is 0. The van der Waals surface area contributed by atoms with Gasteiger partial charge in [0, 0.05) is 31.1 Å². The Kier molecular flexibility index (Phi) is 5.05. The number of fused-ring (bicyclic) bond motifs is 4. The molecular formula is C32H19ClN2S. The number of rotatable bonds is 3. The Morgan fingerprint density at radius 1 is 0.500 bits per heavy atom. The van der Waals surface area contributed by atoms with Gasteiger partial charge in [0.25, 0.3) is 0 Å². The van der Waals surface area contributed by atoms with Crippen molar-refractivity contribution in [1.82, 2.24) is 9.97 Å². The van der Waals surface area contributed by atoms with Gasteiger partial charge in [-0.1, -0.05) is 91.0 Å². The average molecular weight is 499 g/mol. The van der Waals surface area contributed by atoms with E-state index in [1.807, 2.05) is 35.6 Å². The lowest BCUT2D eigenvalue weighted by molar-refractivity contribution is 1.22. The largest absolute Gasteiger partial charge is 0.223 e. The van der Waals surface area contributed by atoms with Crippen LogP contribution < -0.4 is 0 Å². The molecular weight excluding hydrogens is 480 g/mol. The van der Waals surface area contributed by atoms with Gasteiger partial charge in [-0.2, -0.15) is 0 Å². The van der Waals surface area contributed by atoms with Crippen LogP contribution in [0.5, 0.6) is 0 Å². The van der Waals surface area contributed by atoms with E-state index < -0.39 is 0 Å². The minimum atomic E-state index is 0.250. The van der Waals surface area contributed by atoms with Crippen LogP contribution in [0.1, 0.15) is 0 Å². The van der Waals surface area contributed by atoms with Crippen molar-refractivity contribution in [3.05, 3.63) is 121 Å². The Morgan fingerprint density at radius 2 is 1.17 bits per heavy atom. The van der Waals surface area contributed by atoms with Crippen molar-refractivity contribution in [2.24, 2.45) is 0 Å². The molecule has 0 amide bonds. The topological polar surface area (TPSA) is 25.8 Å². The van der Waals surface area contributed by atoms with Crippen molar-refractivity contribution >= 4 is 54.0 Å². The summed E-state index contributed by atoms with van der Waals surface area (Å²) in [5.74, 6) is 0. The fraction of sp³-hybridized carbons (Fsp3) is 0. The molecule has 0 atom stereocenters. The zero-order valence-corrected chi connectivity index (χ0v) is 20.7. The Labute approximate surface area is 217 Å². The second-order valence-electron chi connectivity index (χ2n) is 8.80. The fourth-order valence-corrected chi connectivity index (χ4v) is 6.27. The van der Waals surface area contributed by atoms with E-state index in [-0.39, 0.29) is 5.28 Å². The highest BCUT2D eigenvalue weighted by molar-refractivity contribution is 7.25. The number of aromatic nitrogens is 2. The van der Waals surface area contributed by atoms with Gasteiger partial charge in [0.15, 0.2) is 0 Å². The molecule has 0 fully saturated rings. The van der Waals surface area contributed by atoms with Gasteiger partial charge < -0.3 is 0 Å². The summed E-state index contributed by atoms with van der Waals surface area (Å²) in [5.41, 5.74) is 7.28. The quantitative estimate of drug-likeness (QED) is 0.226. The molecule has 0 aliphatic carbocycles. The second kappa shape index (κ2) is 8.56. The van der Waals surface area contributed by atoms with Gasteiger partial charge in [-0.25, -0.2) is 9.97 Å². The number of hydrogen-bond donors (Lipinski definition) is 0. The number of nitrogens with zero attached hydrogens (tertiary/aromatic N) is 2. The van der Waals surface area contributed by atoms with E-state index in [2.05, 4.69) is 101 Å². The number of thiophene rings is 1. The smallest absolute Gasteiger partial charge is 0.218 e. The van der Waals surface area contributed by atoms with E-state index in [4.69, 9.17) is 11.6 Å². The third kappa shape index (κ3) is 3.56. The molecule has 0 spiro atoms. The average Bonchev–Trinajstić information content (AvgIpc) is 3.31. The van der Waals surface area contributed by atoms with Gasteiger partial charge in [-0.05, 0) is 58.1 Å². The van der Waals surface area contributed by atoms with Crippen LogP contribution >= 0.6 is 22.9 Å². The molecule has 0 bridgehead atoms. The maximum Gasteiger partial charge on any atom is 0.223 e. The number of benzene rings is 5. The SMILES string of the molecule is Clc1nc(-c2ccccc2)c2cc(-c3ccccc3)c(-c3ccc4c(c3)sc3ccccc34)cc2n1. The van der Waals surface area contributed by atoms with Gasteiger partial charge in [0.05, 0.1) is 11.2 Å². The van der Waals surface area contributed by atoms with Crippen LogP contribution in [0.3, 0.4) is 0 Å². The minimum Gasteiger partial charge on any atom is -0.218 e. The summed E-state index contributed by atoms with van der Waals surface area (Å²) in [6, 6.07) is 40.4. The molecule has 4 heteroatoms. The van der Waals surface area contributed by atoms with Crippen LogP contribution in [0.2, 0.25) is 5.28 Å². The summed E-state index contributed by atoms with van der Waals surface area (Å²) in [6.45, 7) is 0. The Bertz CT molecular complexity index is 1890. The molecule has 0 unspecified atom stereocenters. The first-order chi connectivity index (χ1) is 17.7. The first-order valence-electron chi connectivity index (χ1n) is 11.8. The molecule has 2 heterocycles. The summed E-state index contributed by atoms with van der Waals surface area (Å²) in [5, 5.41) is 3.83. The van der Waals surface area contributed by atoms with E-state index in [9.17, 15) is 0 Å². The van der Waals surface area contributed by atoms with Gasteiger partial charge >= 0.3 is 0 Å². The van der Waals surface area contributed by atoms with Gasteiger partial charge in [0.2, 0.25) is 5.28 Å². The summed E-state index contributed by atoms with van der Waals surface area (Å²) in [4.78, 5) is 9.27. The molecule has 2 aromatic heterocycles. The maximum absolute atomic E-state index is 6.43. The third-order valence-corrected chi connectivity index (χ3v) is 7.93. The first kappa shape index (κ1) is 21.3. The normalized spacial score (nSPS) is 11.5. The van der Waals surface area contributed by atoms with Crippen LogP contribution in [0.4, 0.5) is 0 Å². The first-order valence-corrected chi connectivity index (χ1v) is 13.0. The van der Waals surface area contributed by atoms with Crippen molar-refractivity contribution in [1.29, 1.82) is 0 Å². The summed E-state index contributed by atoms with van der Waals surface area (Å²) < 4.78 is 2.58. The molecule has 2 nitrogen and oxygen atoms in total. The van der Waals surface area contributed by atoms with Crippen LogP contribution in [-0.2, 0) is 0 Å². The monoisotopic (exact) mass is 498 g/mol.